The summed E-state index contributed by atoms with van der Waals surface area (Å²) in [5.74, 6) is -0.469. The van der Waals surface area contributed by atoms with Crippen LogP contribution in [0, 0.1) is 0 Å². The highest BCUT2D eigenvalue weighted by atomic mass is 35.5. The third-order valence-corrected chi connectivity index (χ3v) is 5.37. The Morgan fingerprint density at radius 1 is 1.25 bits per heavy atom. The lowest BCUT2D eigenvalue weighted by molar-refractivity contribution is -0.137. The monoisotopic (exact) mass is 407 g/mol. The maximum atomic E-state index is 13.0. The van der Waals surface area contributed by atoms with Gasteiger partial charge < -0.3 is 15.6 Å². The predicted octanol–water partition coefficient (Wildman–Crippen LogP) is 4.54. The van der Waals surface area contributed by atoms with Crippen LogP contribution in [0.3, 0.4) is 0 Å². The Labute approximate surface area is 164 Å². The van der Waals surface area contributed by atoms with Crippen LogP contribution in [0.2, 0.25) is 5.02 Å². The van der Waals surface area contributed by atoms with Crippen LogP contribution in [0.15, 0.2) is 42.5 Å². The topological polar surface area (TPSA) is 62.1 Å². The van der Waals surface area contributed by atoms with Gasteiger partial charge in [0.1, 0.15) is 0 Å². The summed E-state index contributed by atoms with van der Waals surface area (Å²) >= 11 is 6.10. The van der Waals surface area contributed by atoms with Gasteiger partial charge in [-0.05, 0) is 48.4 Å². The van der Waals surface area contributed by atoms with Crippen LogP contribution in [0.5, 0.6) is 0 Å². The van der Waals surface area contributed by atoms with E-state index in [0.29, 0.717) is 18.0 Å². The number of amides is 1. The molecule has 2 heterocycles. The van der Waals surface area contributed by atoms with Crippen LogP contribution < -0.4 is 5.73 Å². The molecule has 8 heteroatoms. The van der Waals surface area contributed by atoms with Crippen molar-refractivity contribution in [3.63, 3.8) is 0 Å². The van der Waals surface area contributed by atoms with Gasteiger partial charge in [0, 0.05) is 40.3 Å². The average Bonchev–Trinajstić information content (AvgIpc) is 3.04. The molecule has 1 unspecified atom stereocenters. The van der Waals surface area contributed by atoms with Crippen molar-refractivity contribution < 1.29 is 18.0 Å². The number of fused-ring (bicyclic) bond motifs is 3. The normalized spacial score (nSPS) is 17.0. The summed E-state index contributed by atoms with van der Waals surface area (Å²) in [7, 11) is 0. The number of benzene rings is 2. The van der Waals surface area contributed by atoms with Crippen molar-refractivity contribution >= 4 is 28.4 Å². The number of carbonyl (C=O) groups excluding carboxylic acids is 1. The molecule has 0 aliphatic carbocycles. The fourth-order valence-corrected chi connectivity index (χ4v) is 3.99. The molecule has 2 aromatic carbocycles. The standard InChI is InChI=1S/C20H17ClF3N3O/c21-13-4-5-16-15(9-13)14-6-7-27(17(10-25)18(14)26-16)19(28)11-2-1-3-12(8-11)20(22,23)24/h1-5,8-9,17,26H,6-7,10,25H2. The molecule has 0 saturated carbocycles. The van der Waals surface area contributed by atoms with Crippen molar-refractivity contribution in [3.8, 4) is 0 Å². The molecule has 4 nitrogen and oxygen atoms in total. The Morgan fingerprint density at radius 3 is 2.75 bits per heavy atom. The van der Waals surface area contributed by atoms with Gasteiger partial charge in [0.25, 0.3) is 5.91 Å². The van der Waals surface area contributed by atoms with Gasteiger partial charge in [-0.3, -0.25) is 4.79 Å². The van der Waals surface area contributed by atoms with Crippen LogP contribution >= 0.6 is 11.6 Å². The number of nitrogens with two attached hydrogens (primary N) is 1. The zero-order valence-electron chi connectivity index (χ0n) is 14.7. The number of nitrogens with zero attached hydrogens (tertiary/aromatic N) is 1. The number of halogens is 4. The third-order valence-electron chi connectivity index (χ3n) is 5.13. The second-order valence-corrected chi connectivity index (χ2v) is 7.22. The second-order valence-electron chi connectivity index (χ2n) is 6.79. The summed E-state index contributed by atoms with van der Waals surface area (Å²) in [6, 6.07) is 9.53. The van der Waals surface area contributed by atoms with Crippen LogP contribution in [0.25, 0.3) is 10.9 Å². The first-order chi connectivity index (χ1) is 13.3. The molecule has 1 aromatic heterocycles. The first-order valence-corrected chi connectivity index (χ1v) is 9.15. The van der Waals surface area contributed by atoms with Gasteiger partial charge in [-0.25, -0.2) is 0 Å². The SMILES string of the molecule is NCC1c2[nH]c3ccc(Cl)cc3c2CCN1C(=O)c1cccc(C(F)(F)F)c1. The highest BCUT2D eigenvalue weighted by Gasteiger charge is 2.35. The lowest BCUT2D eigenvalue weighted by Crippen LogP contribution is -2.43. The minimum atomic E-state index is -4.50. The first kappa shape index (κ1) is 18.8. The van der Waals surface area contributed by atoms with Crippen molar-refractivity contribution in [3.05, 3.63) is 69.9 Å². The van der Waals surface area contributed by atoms with Gasteiger partial charge in [-0.15, -0.1) is 0 Å². The Balaban J connectivity index is 1.72. The van der Waals surface area contributed by atoms with Gasteiger partial charge in [-0.2, -0.15) is 13.2 Å². The molecule has 3 N–H and O–H groups in total. The number of hydrogen-bond acceptors (Lipinski definition) is 2. The molecular formula is C20H17ClF3N3O. The third kappa shape index (κ3) is 3.14. The summed E-state index contributed by atoms with van der Waals surface area (Å²) in [4.78, 5) is 17.8. The number of aromatic nitrogens is 1. The van der Waals surface area contributed by atoms with Crippen LogP contribution in [-0.2, 0) is 12.6 Å². The van der Waals surface area contributed by atoms with E-state index in [1.165, 1.54) is 17.0 Å². The van der Waals surface area contributed by atoms with E-state index in [2.05, 4.69) is 4.98 Å². The van der Waals surface area contributed by atoms with E-state index >= 15 is 0 Å². The summed E-state index contributed by atoms with van der Waals surface area (Å²) in [6.45, 7) is 0.516. The molecule has 0 fully saturated rings. The number of hydrogen-bond donors (Lipinski definition) is 2. The molecule has 1 atom stereocenters. The maximum Gasteiger partial charge on any atom is 0.416 e. The van der Waals surface area contributed by atoms with Gasteiger partial charge in [0.2, 0.25) is 0 Å². The highest BCUT2D eigenvalue weighted by Crippen LogP contribution is 2.36. The Hall–Kier alpha value is -2.51. The van der Waals surface area contributed by atoms with Crippen molar-refractivity contribution in [2.45, 2.75) is 18.6 Å². The molecule has 3 aromatic rings. The van der Waals surface area contributed by atoms with Gasteiger partial charge in [-0.1, -0.05) is 17.7 Å². The van der Waals surface area contributed by atoms with Crippen molar-refractivity contribution in [1.29, 1.82) is 0 Å². The van der Waals surface area contributed by atoms with E-state index in [4.69, 9.17) is 17.3 Å². The lowest BCUT2D eigenvalue weighted by Gasteiger charge is -2.35. The number of alkyl halides is 3. The van der Waals surface area contributed by atoms with E-state index < -0.39 is 23.7 Å². The molecular weight excluding hydrogens is 391 g/mol. The zero-order valence-corrected chi connectivity index (χ0v) is 15.4. The van der Waals surface area contributed by atoms with Crippen molar-refractivity contribution in [1.82, 2.24) is 9.88 Å². The largest absolute Gasteiger partial charge is 0.416 e. The Kier molecular flexibility index (Phi) is 4.59. The molecule has 0 spiro atoms. The summed E-state index contributed by atoms with van der Waals surface area (Å²) in [5.41, 5.74) is 7.85. The molecule has 1 aliphatic heterocycles. The molecule has 0 saturated heterocycles. The number of aromatic amines is 1. The first-order valence-electron chi connectivity index (χ1n) is 8.78. The Bertz CT molecular complexity index is 1060. The fourth-order valence-electron chi connectivity index (χ4n) is 3.82. The van der Waals surface area contributed by atoms with Crippen molar-refractivity contribution in [2.75, 3.05) is 13.1 Å². The smallest absolute Gasteiger partial charge is 0.356 e. The second kappa shape index (κ2) is 6.83. The predicted molar refractivity (Wildman–Crippen MR) is 101 cm³/mol. The number of rotatable bonds is 2. The average molecular weight is 408 g/mol. The molecule has 1 amide bonds. The molecule has 0 bridgehead atoms. The molecule has 0 radical (unpaired) electrons. The Morgan fingerprint density at radius 2 is 2.04 bits per heavy atom. The maximum absolute atomic E-state index is 13.0. The van der Waals surface area contributed by atoms with Crippen molar-refractivity contribution in [2.24, 2.45) is 5.73 Å². The van der Waals surface area contributed by atoms with Crippen LogP contribution in [0.4, 0.5) is 13.2 Å². The minimum Gasteiger partial charge on any atom is -0.356 e. The van der Waals surface area contributed by atoms with Crippen LogP contribution in [-0.4, -0.2) is 28.9 Å². The summed E-state index contributed by atoms with van der Waals surface area (Å²) in [5, 5.41) is 1.59. The van der Waals surface area contributed by atoms with Gasteiger partial charge in [0.05, 0.1) is 11.6 Å². The molecule has 146 valence electrons. The summed E-state index contributed by atoms with van der Waals surface area (Å²) < 4.78 is 39.0. The fraction of sp³-hybridized carbons (Fsp3) is 0.250. The zero-order chi connectivity index (χ0) is 20.1. The highest BCUT2D eigenvalue weighted by molar-refractivity contribution is 6.31. The number of carbonyl (C=O) groups is 1. The quantitative estimate of drug-likeness (QED) is 0.655. The van der Waals surface area contributed by atoms with E-state index in [-0.39, 0.29) is 12.1 Å². The van der Waals surface area contributed by atoms with E-state index in [1.54, 1.807) is 6.07 Å². The molecule has 4 rings (SSSR count). The van der Waals surface area contributed by atoms with Gasteiger partial charge in [0.15, 0.2) is 0 Å². The molecule has 28 heavy (non-hydrogen) atoms. The minimum absolute atomic E-state index is 0.00381. The van der Waals surface area contributed by atoms with E-state index in [9.17, 15) is 18.0 Å². The number of H-pyrrole nitrogens is 1. The molecule has 1 aliphatic rings. The summed E-state index contributed by atoms with van der Waals surface area (Å²) in [6.07, 6.45) is -3.94. The van der Waals surface area contributed by atoms with E-state index in [1.807, 2.05) is 12.1 Å². The lowest BCUT2D eigenvalue weighted by atomic mass is 9.96. The van der Waals surface area contributed by atoms with E-state index in [0.717, 1.165) is 34.3 Å². The number of nitrogens with one attached hydrogen (secondary N) is 1. The van der Waals surface area contributed by atoms with Gasteiger partial charge >= 0.3 is 6.18 Å². The van der Waals surface area contributed by atoms with Crippen LogP contribution in [0.1, 0.15) is 33.2 Å².